The highest BCUT2D eigenvalue weighted by molar-refractivity contribution is 5.69. The van der Waals surface area contributed by atoms with Gasteiger partial charge in [-0.3, -0.25) is 19.1 Å². The average Bonchev–Trinajstić information content (AvgIpc) is 2.83. The van der Waals surface area contributed by atoms with E-state index in [0.29, 0.717) is 0 Å². The number of aromatic nitrogens is 2. The van der Waals surface area contributed by atoms with E-state index in [0.717, 1.165) is 10.6 Å². The van der Waals surface area contributed by atoms with E-state index in [9.17, 15) is 24.6 Å². The van der Waals surface area contributed by atoms with Crippen molar-refractivity contribution in [2.75, 3.05) is 20.3 Å². The molecular weight excluding hydrogens is 312 g/mol. The summed E-state index contributed by atoms with van der Waals surface area (Å²) in [6.07, 6.45) is -3.06. The van der Waals surface area contributed by atoms with Crippen molar-refractivity contribution in [2.24, 2.45) is 0 Å². The summed E-state index contributed by atoms with van der Waals surface area (Å²) in [5, 5.41) is 19.4. The Balaban J connectivity index is 2.18. The largest absolute Gasteiger partial charge is 0.469 e. The quantitative estimate of drug-likeness (QED) is 0.496. The van der Waals surface area contributed by atoms with Gasteiger partial charge in [0.2, 0.25) is 0 Å². The van der Waals surface area contributed by atoms with Gasteiger partial charge in [0, 0.05) is 12.3 Å². The molecule has 0 spiro atoms. The van der Waals surface area contributed by atoms with E-state index in [1.54, 1.807) is 0 Å². The van der Waals surface area contributed by atoms with Gasteiger partial charge in [0.05, 0.1) is 26.7 Å². The minimum absolute atomic E-state index is 0.0449. The topological polar surface area (TPSA) is 140 Å². The van der Waals surface area contributed by atoms with E-state index in [1.807, 2.05) is 0 Å². The zero-order valence-electron chi connectivity index (χ0n) is 12.4. The van der Waals surface area contributed by atoms with Crippen LogP contribution in [0.1, 0.15) is 12.6 Å². The third kappa shape index (κ3) is 3.85. The first kappa shape index (κ1) is 17.3. The molecule has 0 saturated carbocycles. The Morgan fingerprint density at radius 3 is 2.83 bits per heavy atom. The lowest BCUT2D eigenvalue weighted by Crippen LogP contribution is -2.39. The Kier molecular flexibility index (Phi) is 5.66. The maximum atomic E-state index is 11.9. The summed E-state index contributed by atoms with van der Waals surface area (Å²) in [7, 11) is 1.24. The molecule has 1 aliphatic heterocycles. The molecule has 2 heterocycles. The number of nitrogens with zero attached hydrogens (tertiary/aromatic N) is 1. The van der Waals surface area contributed by atoms with Crippen molar-refractivity contribution in [1.82, 2.24) is 9.55 Å². The molecule has 1 aromatic rings. The molecular formula is C13H18N2O8. The Morgan fingerprint density at radius 1 is 1.48 bits per heavy atom. The summed E-state index contributed by atoms with van der Waals surface area (Å²) in [6, 6.07) is 1.12. The van der Waals surface area contributed by atoms with Crippen molar-refractivity contribution in [3.63, 3.8) is 0 Å². The van der Waals surface area contributed by atoms with Crippen molar-refractivity contribution in [3.8, 4) is 0 Å². The molecule has 10 nitrogen and oxygen atoms in total. The van der Waals surface area contributed by atoms with E-state index < -0.39 is 48.4 Å². The lowest BCUT2D eigenvalue weighted by molar-refractivity contribution is -0.143. The molecule has 1 saturated heterocycles. The predicted molar refractivity (Wildman–Crippen MR) is 74.7 cm³/mol. The van der Waals surface area contributed by atoms with Gasteiger partial charge >= 0.3 is 11.7 Å². The van der Waals surface area contributed by atoms with Crippen LogP contribution in [0.4, 0.5) is 0 Å². The summed E-state index contributed by atoms with van der Waals surface area (Å²) in [4.78, 5) is 36.1. The van der Waals surface area contributed by atoms with Crippen LogP contribution < -0.4 is 11.2 Å². The predicted octanol–water partition coefficient (Wildman–Crippen LogP) is -2.26. The summed E-state index contributed by atoms with van der Waals surface area (Å²) in [5.74, 6) is -0.491. The molecule has 0 bridgehead atoms. The fraction of sp³-hybridized carbons (Fsp3) is 0.615. The minimum Gasteiger partial charge on any atom is -0.469 e. The lowest BCUT2D eigenvalue weighted by Gasteiger charge is -2.22. The Labute approximate surface area is 130 Å². The molecule has 10 heteroatoms. The van der Waals surface area contributed by atoms with Crippen molar-refractivity contribution < 1.29 is 29.2 Å². The number of hydrogen-bond donors (Lipinski definition) is 3. The summed E-state index contributed by atoms with van der Waals surface area (Å²) >= 11 is 0. The zero-order valence-corrected chi connectivity index (χ0v) is 12.4. The third-order valence-electron chi connectivity index (χ3n) is 3.46. The van der Waals surface area contributed by atoms with Gasteiger partial charge in [0.1, 0.15) is 18.3 Å². The number of nitrogens with one attached hydrogen (secondary N) is 1. The number of ether oxygens (including phenoxy) is 3. The van der Waals surface area contributed by atoms with Gasteiger partial charge in [0.15, 0.2) is 6.23 Å². The second kappa shape index (κ2) is 7.51. The molecule has 23 heavy (non-hydrogen) atoms. The highest BCUT2D eigenvalue weighted by Gasteiger charge is 2.45. The molecule has 1 aliphatic rings. The number of methoxy groups -OCH3 is 1. The van der Waals surface area contributed by atoms with E-state index in [-0.39, 0.29) is 13.0 Å². The van der Waals surface area contributed by atoms with E-state index in [1.165, 1.54) is 13.3 Å². The van der Waals surface area contributed by atoms with Crippen LogP contribution in [0.25, 0.3) is 0 Å². The smallest absolute Gasteiger partial charge is 0.330 e. The van der Waals surface area contributed by atoms with Crippen LogP contribution in [-0.4, -0.2) is 64.4 Å². The summed E-state index contributed by atoms with van der Waals surface area (Å²) in [6.45, 7) is -0.544. The van der Waals surface area contributed by atoms with Crippen LogP contribution in [0.2, 0.25) is 0 Å². The summed E-state index contributed by atoms with van der Waals surface area (Å²) < 4.78 is 16.4. The first-order valence-electron chi connectivity index (χ1n) is 6.92. The number of carbonyl (C=O) groups is 1. The van der Waals surface area contributed by atoms with Crippen molar-refractivity contribution in [1.29, 1.82) is 0 Å². The van der Waals surface area contributed by atoms with Gasteiger partial charge in [-0.2, -0.15) is 0 Å². The van der Waals surface area contributed by atoms with Gasteiger partial charge in [-0.05, 0) is 0 Å². The van der Waals surface area contributed by atoms with Crippen LogP contribution in [-0.2, 0) is 19.0 Å². The molecule has 4 atom stereocenters. The zero-order chi connectivity index (χ0) is 17.0. The highest BCUT2D eigenvalue weighted by atomic mass is 16.6. The Morgan fingerprint density at radius 2 is 2.22 bits per heavy atom. The Hall–Kier alpha value is -2.01. The van der Waals surface area contributed by atoms with Crippen LogP contribution in [0.15, 0.2) is 21.9 Å². The number of rotatable bonds is 6. The van der Waals surface area contributed by atoms with Gasteiger partial charge in [-0.15, -0.1) is 0 Å². The van der Waals surface area contributed by atoms with E-state index in [4.69, 9.17) is 9.47 Å². The number of hydrogen-bond acceptors (Lipinski definition) is 8. The molecule has 128 valence electrons. The van der Waals surface area contributed by atoms with E-state index in [2.05, 4.69) is 9.72 Å². The summed E-state index contributed by atoms with van der Waals surface area (Å²) in [5.41, 5.74) is -1.32. The fourth-order valence-electron chi connectivity index (χ4n) is 2.28. The standard InChI is InChI=1S/C13H18N2O8/c1-21-9(18)3-5-22-11-10(19)7(6-16)23-12(11)15-4-2-8(17)14-13(15)20/h2,4,7,10-12,16,19H,3,5-6H2,1H3,(H,14,17,20)/t7-,10?,11+,12-/m1/s1. The average molecular weight is 330 g/mol. The first-order valence-corrected chi connectivity index (χ1v) is 6.92. The molecule has 1 aromatic heterocycles. The minimum atomic E-state index is -1.21. The number of esters is 1. The second-order valence-corrected chi connectivity index (χ2v) is 4.92. The van der Waals surface area contributed by atoms with Crippen molar-refractivity contribution >= 4 is 5.97 Å². The Bertz CT molecular complexity index is 654. The van der Waals surface area contributed by atoms with Crippen LogP contribution in [0, 0.1) is 0 Å². The normalized spacial score (nSPS) is 27.1. The van der Waals surface area contributed by atoms with Gasteiger partial charge in [-0.1, -0.05) is 0 Å². The molecule has 0 aliphatic carbocycles. The van der Waals surface area contributed by atoms with Gasteiger partial charge in [0.25, 0.3) is 5.56 Å². The van der Waals surface area contributed by atoms with E-state index >= 15 is 0 Å². The third-order valence-corrected chi connectivity index (χ3v) is 3.46. The molecule has 0 radical (unpaired) electrons. The second-order valence-electron chi connectivity index (χ2n) is 4.92. The lowest BCUT2D eigenvalue weighted by atomic mass is 10.1. The maximum absolute atomic E-state index is 11.9. The molecule has 2 rings (SSSR count). The molecule has 1 unspecified atom stereocenters. The van der Waals surface area contributed by atoms with Crippen molar-refractivity contribution in [2.45, 2.75) is 31.0 Å². The molecule has 1 fully saturated rings. The monoisotopic (exact) mass is 330 g/mol. The molecule has 0 aromatic carbocycles. The number of carbonyl (C=O) groups excluding carboxylic acids is 1. The maximum Gasteiger partial charge on any atom is 0.330 e. The number of H-pyrrole nitrogens is 1. The van der Waals surface area contributed by atoms with Gasteiger partial charge < -0.3 is 24.4 Å². The van der Waals surface area contributed by atoms with Crippen LogP contribution in [0.5, 0.6) is 0 Å². The highest BCUT2D eigenvalue weighted by Crippen LogP contribution is 2.30. The number of aromatic amines is 1. The molecule has 3 N–H and O–H groups in total. The SMILES string of the molecule is COC(=O)CCO[C@H]1C(O)[C@@H](CO)O[C@H]1n1ccc(=O)[nH]c1=O. The van der Waals surface area contributed by atoms with Crippen molar-refractivity contribution in [3.05, 3.63) is 33.1 Å². The van der Waals surface area contributed by atoms with Crippen LogP contribution in [0.3, 0.4) is 0 Å². The van der Waals surface area contributed by atoms with Crippen LogP contribution >= 0.6 is 0 Å². The fourth-order valence-corrected chi connectivity index (χ4v) is 2.28. The first-order chi connectivity index (χ1) is 11.0. The van der Waals surface area contributed by atoms with Gasteiger partial charge in [-0.25, -0.2) is 4.79 Å². The molecule has 0 amide bonds. The number of aliphatic hydroxyl groups is 2. The number of aliphatic hydroxyl groups excluding tert-OH is 2.